The number of rotatable bonds is 5. The summed E-state index contributed by atoms with van der Waals surface area (Å²) >= 11 is 0. The van der Waals surface area contributed by atoms with Crippen molar-refractivity contribution in [3.8, 4) is 0 Å². The molecule has 12 heteroatoms. The molecule has 0 spiro atoms. The summed E-state index contributed by atoms with van der Waals surface area (Å²) in [6, 6.07) is 7.77. The van der Waals surface area contributed by atoms with E-state index in [9.17, 15) is 21.6 Å². The van der Waals surface area contributed by atoms with Crippen LogP contribution in [0.4, 0.5) is 13.2 Å². The van der Waals surface area contributed by atoms with Crippen molar-refractivity contribution in [2.75, 3.05) is 26.7 Å². The third-order valence-electron chi connectivity index (χ3n) is 5.35. The Labute approximate surface area is 196 Å². The van der Waals surface area contributed by atoms with E-state index >= 15 is 0 Å². The number of fused-ring (bicyclic) bond motifs is 1. The fraction of sp³-hybridized carbons (Fsp3) is 0.526. The van der Waals surface area contributed by atoms with Crippen LogP contribution in [0.2, 0.25) is 0 Å². The van der Waals surface area contributed by atoms with E-state index in [0.717, 1.165) is 22.3 Å². The maximum absolute atomic E-state index is 12.7. The molecule has 0 bridgehead atoms. The zero-order chi connectivity index (χ0) is 21.9. The van der Waals surface area contributed by atoms with Crippen LogP contribution in [0.1, 0.15) is 24.2 Å². The lowest BCUT2D eigenvalue weighted by atomic mass is 9.98. The van der Waals surface area contributed by atoms with Crippen molar-refractivity contribution < 1.29 is 26.0 Å². The van der Waals surface area contributed by atoms with Gasteiger partial charge in [-0.15, -0.1) is 24.0 Å². The second-order valence-corrected chi connectivity index (χ2v) is 9.18. The van der Waals surface area contributed by atoms with E-state index in [1.807, 2.05) is 31.2 Å². The minimum Gasteiger partial charge on any atom is -0.459 e. The number of hydrogen-bond acceptors (Lipinski definition) is 4. The van der Waals surface area contributed by atoms with Gasteiger partial charge in [0.15, 0.2) is 5.96 Å². The number of halogens is 4. The molecule has 2 aromatic rings. The van der Waals surface area contributed by atoms with Crippen molar-refractivity contribution in [2.24, 2.45) is 10.9 Å². The van der Waals surface area contributed by atoms with Gasteiger partial charge in [-0.3, -0.25) is 4.99 Å². The third kappa shape index (κ3) is 5.83. The van der Waals surface area contributed by atoms with E-state index in [2.05, 4.69) is 15.6 Å². The van der Waals surface area contributed by atoms with Crippen LogP contribution in [0.15, 0.2) is 33.7 Å². The van der Waals surface area contributed by atoms with Crippen molar-refractivity contribution in [3.63, 3.8) is 0 Å². The van der Waals surface area contributed by atoms with Crippen LogP contribution >= 0.6 is 24.0 Å². The summed E-state index contributed by atoms with van der Waals surface area (Å²) in [5.41, 5.74) is -3.39. The molecule has 2 N–H and O–H groups in total. The lowest BCUT2D eigenvalue weighted by Gasteiger charge is -2.31. The first-order valence-electron chi connectivity index (χ1n) is 9.61. The first-order valence-corrected chi connectivity index (χ1v) is 11.1. The van der Waals surface area contributed by atoms with Gasteiger partial charge in [0.05, 0.1) is 6.54 Å². The molecular formula is C19H26F3IN4O3S. The van der Waals surface area contributed by atoms with Crippen LogP contribution in [0, 0.1) is 12.8 Å². The molecule has 2 heterocycles. The van der Waals surface area contributed by atoms with Gasteiger partial charge in [-0.1, -0.05) is 18.2 Å². The molecule has 1 aliphatic heterocycles. The third-order valence-corrected chi connectivity index (χ3v) is 6.98. The number of piperidine rings is 1. The summed E-state index contributed by atoms with van der Waals surface area (Å²) in [5, 5.41) is 7.38. The molecule has 1 fully saturated rings. The highest BCUT2D eigenvalue weighted by atomic mass is 127. The van der Waals surface area contributed by atoms with Crippen LogP contribution in [0.3, 0.4) is 0 Å². The summed E-state index contributed by atoms with van der Waals surface area (Å²) < 4.78 is 67.3. The number of sulfonamides is 1. The highest BCUT2D eigenvalue weighted by Crippen LogP contribution is 2.30. The first kappa shape index (κ1) is 25.7. The molecule has 1 aromatic heterocycles. The number of hydrogen-bond donors (Lipinski definition) is 2. The topological polar surface area (TPSA) is 86.9 Å². The van der Waals surface area contributed by atoms with Crippen LogP contribution in [-0.4, -0.2) is 50.9 Å². The number of nitrogens with one attached hydrogen (secondary N) is 2. The Balaban J connectivity index is 0.00000341. The number of guanidine groups is 1. The second-order valence-electron chi connectivity index (χ2n) is 7.25. The Morgan fingerprint density at radius 1 is 1.23 bits per heavy atom. The summed E-state index contributed by atoms with van der Waals surface area (Å²) in [7, 11) is -3.62. The molecule has 174 valence electrons. The normalized spacial score (nSPS) is 16.9. The molecule has 0 saturated carbocycles. The monoisotopic (exact) mass is 574 g/mol. The van der Waals surface area contributed by atoms with Gasteiger partial charge in [-0.05, 0) is 31.7 Å². The molecule has 0 amide bonds. The predicted octanol–water partition coefficient (Wildman–Crippen LogP) is 3.59. The molecule has 1 aromatic carbocycles. The molecule has 0 atom stereocenters. The van der Waals surface area contributed by atoms with E-state index in [0.29, 0.717) is 36.2 Å². The first-order chi connectivity index (χ1) is 14.1. The van der Waals surface area contributed by atoms with Crippen LogP contribution < -0.4 is 10.6 Å². The maximum Gasteiger partial charge on any atom is 0.511 e. The molecule has 1 saturated heterocycles. The van der Waals surface area contributed by atoms with Crippen molar-refractivity contribution in [1.82, 2.24) is 14.9 Å². The average molecular weight is 574 g/mol. The zero-order valence-corrected chi connectivity index (χ0v) is 20.3. The second kappa shape index (κ2) is 10.4. The fourth-order valence-electron chi connectivity index (χ4n) is 3.52. The molecule has 0 radical (unpaired) electrons. The number of aliphatic imine (C=N–C) groups is 1. The molecular weight excluding hydrogens is 548 g/mol. The number of benzene rings is 1. The van der Waals surface area contributed by atoms with Crippen molar-refractivity contribution in [1.29, 1.82) is 0 Å². The van der Waals surface area contributed by atoms with Gasteiger partial charge >= 0.3 is 15.5 Å². The average Bonchev–Trinajstić information content (AvgIpc) is 3.03. The smallest absolute Gasteiger partial charge is 0.459 e. The standard InChI is InChI=1S/C19H25F3N4O3S.HI/c1-13-15-5-3-4-6-16(15)29-17(13)12-25-18(23-2)24-11-14-7-9-26(10-8-14)30(27,28)19(20,21)22;/h3-6,14H,7-12H2,1-2H3,(H2,23,24,25);1H. The maximum atomic E-state index is 12.7. The Bertz CT molecular complexity index is 1020. The minimum atomic E-state index is -5.25. The van der Waals surface area contributed by atoms with Gasteiger partial charge in [-0.25, -0.2) is 8.42 Å². The van der Waals surface area contributed by atoms with Gasteiger partial charge in [0.1, 0.15) is 11.3 Å². The van der Waals surface area contributed by atoms with Crippen molar-refractivity contribution in [3.05, 3.63) is 35.6 Å². The Hall–Kier alpha value is -1.54. The summed E-state index contributed by atoms with van der Waals surface area (Å²) in [6.45, 7) is 2.62. The van der Waals surface area contributed by atoms with Crippen molar-refractivity contribution in [2.45, 2.75) is 31.8 Å². The minimum absolute atomic E-state index is 0. The van der Waals surface area contributed by atoms with Crippen LogP contribution in [0.25, 0.3) is 11.0 Å². The van der Waals surface area contributed by atoms with E-state index < -0.39 is 15.5 Å². The van der Waals surface area contributed by atoms with Gasteiger partial charge in [0, 0.05) is 37.6 Å². The van der Waals surface area contributed by atoms with E-state index in [1.165, 1.54) is 0 Å². The molecule has 3 rings (SSSR count). The van der Waals surface area contributed by atoms with Gasteiger partial charge in [-0.2, -0.15) is 17.5 Å². The zero-order valence-electron chi connectivity index (χ0n) is 17.2. The number of para-hydroxylation sites is 1. The highest BCUT2D eigenvalue weighted by Gasteiger charge is 2.50. The predicted molar refractivity (Wildman–Crippen MR) is 124 cm³/mol. The number of furan rings is 1. The van der Waals surface area contributed by atoms with Gasteiger partial charge < -0.3 is 15.1 Å². The number of alkyl halides is 3. The highest BCUT2D eigenvalue weighted by molar-refractivity contribution is 14.0. The quantitative estimate of drug-likeness (QED) is 0.324. The Morgan fingerprint density at radius 2 is 1.87 bits per heavy atom. The molecule has 7 nitrogen and oxygen atoms in total. The molecule has 31 heavy (non-hydrogen) atoms. The van der Waals surface area contributed by atoms with Crippen molar-refractivity contribution >= 4 is 50.9 Å². The van der Waals surface area contributed by atoms with E-state index in [4.69, 9.17) is 4.42 Å². The number of nitrogens with zero attached hydrogens (tertiary/aromatic N) is 2. The molecule has 0 aliphatic carbocycles. The largest absolute Gasteiger partial charge is 0.511 e. The van der Waals surface area contributed by atoms with E-state index in [-0.39, 0.29) is 43.0 Å². The van der Waals surface area contributed by atoms with Crippen LogP contribution in [-0.2, 0) is 16.6 Å². The SMILES string of the molecule is CN=C(NCc1oc2ccccc2c1C)NCC1CCN(S(=O)(=O)C(F)(F)F)CC1.I. The summed E-state index contributed by atoms with van der Waals surface area (Å²) in [6.07, 6.45) is 0.698. The molecule has 0 unspecified atom stereocenters. The Morgan fingerprint density at radius 3 is 2.45 bits per heavy atom. The summed E-state index contributed by atoms with van der Waals surface area (Å²) in [5.74, 6) is 1.39. The lowest BCUT2D eigenvalue weighted by molar-refractivity contribution is -0.0496. The Kier molecular flexibility index (Phi) is 8.62. The van der Waals surface area contributed by atoms with Gasteiger partial charge in [0.2, 0.25) is 0 Å². The van der Waals surface area contributed by atoms with Gasteiger partial charge in [0.25, 0.3) is 0 Å². The van der Waals surface area contributed by atoms with E-state index in [1.54, 1.807) is 7.05 Å². The lowest BCUT2D eigenvalue weighted by Crippen LogP contribution is -2.47. The summed E-state index contributed by atoms with van der Waals surface area (Å²) in [4.78, 5) is 4.16. The van der Waals surface area contributed by atoms with Crippen LogP contribution in [0.5, 0.6) is 0 Å². The fourth-order valence-corrected chi connectivity index (χ4v) is 4.50. The molecule has 1 aliphatic rings. The number of aryl methyl sites for hydroxylation is 1.